The molecule has 0 saturated heterocycles. The highest BCUT2D eigenvalue weighted by Gasteiger charge is 2.42. The van der Waals surface area contributed by atoms with E-state index in [4.69, 9.17) is 4.74 Å². The Bertz CT molecular complexity index is 843. The van der Waals surface area contributed by atoms with Gasteiger partial charge in [-0.2, -0.15) is 0 Å². The van der Waals surface area contributed by atoms with Crippen LogP contribution in [0.3, 0.4) is 0 Å². The summed E-state index contributed by atoms with van der Waals surface area (Å²) in [5.74, 6) is -0.622. The molecule has 2 aliphatic carbocycles. The van der Waals surface area contributed by atoms with Crippen LogP contribution >= 0.6 is 0 Å². The number of esters is 1. The zero-order chi connectivity index (χ0) is 19.5. The number of ether oxygens (including phenoxy) is 1. The lowest BCUT2D eigenvalue weighted by Crippen LogP contribution is -2.40. The molecule has 28 heavy (non-hydrogen) atoms. The molecule has 1 unspecified atom stereocenters. The Labute approximate surface area is 164 Å². The topological polar surface area (TPSA) is 60.4 Å². The van der Waals surface area contributed by atoms with Gasteiger partial charge in [-0.1, -0.05) is 67.1 Å². The summed E-state index contributed by atoms with van der Waals surface area (Å²) in [5.41, 5.74) is 1.18. The van der Waals surface area contributed by atoms with E-state index in [0.717, 1.165) is 19.3 Å². The minimum Gasteiger partial charge on any atom is -0.449 e. The number of Topliss-reactive ketones (excluding diaryl/α,β-unsaturated/α-hetero) is 2. The van der Waals surface area contributed by atoms with Gasteiger partial charge in [0.15, 0.2) is 6.10 Å². The molecule has 0 N–H and O–H groups in total. The van der Waals surface area contributed by atoms with Crippen molar-refractivity contribution in [3.05, 3.63) is 71.8 Å². The van der Waals surface area contributed by atoms with Crippen LogP contribution in [0.5, 0.6) is 0 Å². The van der Waals surface area contributed by atoms with Crippen molar-refractivity contribution >= 4 is 17.5 Å². The van der Waals surface area contributed by atoms with Crippen LogP contribution in [0.25, 0.3) is 0 Å². The van der Waals surface area contributed by atoms with Gasteiger partial charge < -0.3 is 4.74 Å². The maximum Gasteiger partial charge on any atom is 0.310 e. The number of hydrogen-bond donors (Lipinski definition) is 0. The van der Waals surface area contributed by atoms with E-state index >= 15 is 0 Å². The second-order valence-electron chi connectivity index (χ2n) is 7.85. The number of rotatable bonds is 5. The lowest BCUT2D eigenvalue weighted by atomic mass is 9.67. The molecule has 4 atom stereocenters. The predicted molar refractivity (Wildman–Crippen MR) is 105 cm³/mol. The Morgan fingerprint density at radius 1 is 0.857 bits per heavy atom. The highest BCUT2D eigenvalue weighted by molar-refractivity contribution is 6.01. The summed E-state index contributed by atoms with van der Waals surface area (Å²) in [5, 5.41) is 0. The Kier molecular flexibility index (Phi) is 5.38. The molecule has 2 aromatic carbocycles. The molecule has 2 aromatic rings. The van der Waals surface area contributed by atoms with E-state index < -0.39 is 6.10 Å². The summed E-state index contributed by atoms with van der Waals surface area (Å²) < 4.78 is 5.79. The summed E-state index contributed by atoms with van der Waals surface area (Å²) >= 11 is 0. The zero-order valence-electron chi connectivity index (χ0n) is 15.8. The molecular formula is C24H24O4. The molecule has 4 nitrogen and oxygen atoms in total. The number of carbonyl (C=O) groups excluding carboxylic acids is 3. The summed E-state index contributed by atoms with van der Waals surface area (Å²) in [6, 6.07) is 18.0. The fourth-order valence-electron chi connectivity index (χ4n) is 4.54. The maximum atomic E-state index is 13.1. The van der Waals surface area contributed by atoms with Crippen LogP contribution in [0.15, 0.2) is 60.7 Å². The number of fused-ring (bicyclic) bond motifs is 2. The summed E-state index contributed by atoms with van der Waals surface area (Å²) in [6.45, 7) is 0. The summed E-state index contributed by atoms with van der Waals surface area (Å²) in [4.78, 5) is 38.4. The van der Waals surface area contributed by atoms with Gasteiger partial charge in [0.05, 0.1) is 5.92 Å². The molecule has 0 amide bonds. The number of benzene rings is 2. The van der Waals surface area contributed by atoms with Gasteiger partial charge in [0.2, 0.25) is 5.78 Å². The van der Waals surface area contributed by atoms with E-state index in [0.29, 0.717) is 29.8 Å². The van der Waals surface area contributed by atoms with Gasteiger partial charge in [-0.3, -0.25) is 14.4 Å². The first-order valence-corrected chi connectivity index (χ1v) is 10.0. The fourth-order valence-corrected chi connectivity index (χ4v) is 4.54. The van der Waals surface area contributed by atoms with Crippen molar-refractivity contribution in [3.63, 3.8) is 0 Å². The van der Waals surface area contributed by atoms with Gasteiger partial charge in [-0.15, -0.1) is 0 Å². The van der Waals surface area contributed by atoms with Crippen molar-refractivity contribution in [3.8, 4) is 0 Å². The number of hydrogen-bond acceptors (Lipinski definition) is 4. The second kappa shape index (κ2) is 8.09. The molecule has 0 heterocycles. The van der Waals surface area contributed by atoms with Crippen molar-refractivity contribution < 1.29 is 19.1 Å². The van der Waals surface area contributed by atoms with Crippen LogP contribution in [0.4, 0.5) is 0 Å². The van der Waals surface area contributed by atoms with Crippen LogP contribution in [0, 0.1) is 17.8 Å². The molecule has 2 aliphatic rings. The van der Waals surface area contributed by atoms with Gasteiger partial charge in [0.25, 0.3) is 0 Å². The van der Waals surface area contributed by atoms with Gasteiger partial charge >= 0.3 is 5.97 Å². The minimum atomic E-state index is -0.964. The third-order valence-corrected chi connectivity index (χ3v) is 6.01. The minimum absolute atomic E-state index is 0.0231. The number of carbonyl (C=O) groups is 3. The first kappa shape index (κ1) is 18.6. The van der Waals surface area contributed by atoms with Gasteiger partial charge in [0, 0.05) is 23.0 Å². The quantitative estimate of drug-likeness (QED) is 0.567. The van der Waals surface area contributed by atoms with E-state index in [1.807, 2.05) is 24.3 Å². The van der Waals surface area contributed by atoms with Crippen molar-refractivity contribution in [2.24, 2.45) is 17.8 Å². The highest BCUT2D eigenvalue weighted by Crippen LogP contribution is 2.41. The first-order chi connectivity index (χ1) is 13.6. The molecule has 0 aliphatic heterocycles. The van der Waals surface area contributed by atoms with Crippen LogP contribution in [0.2, 0.25) is 0 Å². The van der Waals surface area contributed by atoms with Crippen molar-refractivity contribution in [2.45, 2.75) is 38.2 Å². The first-order valence-electron chi connectivity index (χ1n) is 10.0. The molecule has 0 radical (unpaired) electrons. The van der Waals surface area contributed by atoms with Gasteiger partial charge in [-0.05, 0) is 25.7 Å². The average Bonchev–Trinajstić information content (AvgIpc) is 2.72. The van der Waals surface area contributed by atoms with Crippen LogP contribution < -0.4 is 0 Å². The largest absolute Gasteiger partial charge is 0.449 e. The molecule has 2 saturated carbocycles. The smallest absolute Gasteiger partial charge is 0.310 e. The molecular weight excluding hydrogens is 352 g/mol. The normalized spacial score (nSPS) is 25.0. The summed E-state index contributed by atoms with van der Waals surface area (Å²) in [6.07, 6.45) is 2.93. The second-order valence-corrected chi connectivity index (χ2v) is 7.85. The summed E-state index contributed by atoms with van der Waals surface area (Å²) in [7, 11) is 0. The van der Waals surface area contributed by atoms with E-state index in [9.17, 15) is 14.4 Å². The Hall–Kier alpha value is -2.75. The Balaban J connectivity index is 1.55. The number of ketones is 2. The molecule has 2 fully saturated rings. The van der Waals surface area contributed by atoms with Crippen molar-refractivity contribution in [1.82, 2.24) is 0 Å². The van der Waals surface area contributed by atoms with E-state index in [1.54, 1.807) is 36.4 Å². The average molecular weight is 376 g/mol. The maximum absolute atomic E-state index is 13.1. The molecule has 4 heteroatoms. The highest BCUT2D eigenvalue weighted by atomic mass is 16.5. The molecule has 4 rings (SSSR count). The molecule has 144 valence electrons. The van der Waals surface area contributed by atoms with Crippen molar-refractivity contribution in [2.75, 3.05) is 0 Å². The van der Waals surface area contributed by atoms with Gasteiger partial charge in [0.1, 0.15) is 5.78 Å². The molecule has 0 aromatic heterocycles. The fraction of sp³-hybridized carbons (Fsp3) is 0.375. The van der Waals surface area contributed by atoms with E-state index in [-0.39, 0.29) is 29.5 Å². The lowest BCUT2D eigenvalue weighted by molar-refractivity contribution is -0.156. The SMILES string of the molecule is O=C(O[C@H](C(=O)c1ccccc1)c1ccccc1)C1C[C@H]2CCC[C@@H](C1)C2=O. The zero-order valence-corrected chi connectivity index (χ0v) is 15.8. The Morgan fingerprint density at radius 3 is 2.04 bits per heavy atom. The molecule has 2 bridgehead atoms. The predicted octanol–water partition coefficient (Wildman–Crippen LogP) is 4.55. The lowest BCUT2D eigenvalue weighted by Gasteiger charge is -2.36. The van der Waals surface area contributed by atoms with Crippen LogP contribution in [-0.2, 0) is 14.3 Å². The van der Waals surface area contributed by atoms with Gasteiger partial charge in [-0.25, -0.2) is 0 Å². The third kappa shape index (κ3) is 3.77. The van der Waals surface area contributed by atoms with Crippen LogP contribution in [0.1, 0.15) is 54.1 Å². The Morgan fingerprint density at radius 2 is 1.43 bits per heavy atom. The molecule has 0 spiro atoms. The van der Waals surface area contributed by atoms with Crippen LogP contribution in [-0.4, -0.2) is 17.5 Å². The monoisotopic (exact) mass is 376 g/mol. The standard InChI is InChI=1S/C24H24O4/c25-21-18-12-7-13-19(21)15-20(14-18)24(27)28-23(17-10-5-2-6-11-17)22(26)16-8-3-1-4-9-16/h1-6,8-11,18-20,23H,7,12-15H2/t18-,19+,20?,23-/m0/s1. The van der Waals surface area contributed by atoms with E-state index in [2.05, 4.69) is 0 Å². The van der Waals surface area contributed by atoms with Crippen molar-refractivity contribution in [1.29, 1.82) is 0 Å². The van der Waals surface area contributed by atoms with E-state index in [1.165, 1.54) is 0 Å². The third-order valence-electron chi connectivity index (χ3n) is 6.01.